The van der Waals surface area contributed by atoms with Crippen LogP contribution in [-0.4, -0.2) is 41.4 Å². The molecule has 1 aromatic rings. The summed E-state index contributed by atoms with van der Waals surface area (Å²) >= 11 is 0. The standard InChI is InChI=1S/C14H19F3N2O3/c1-3-9(2)11(20)7-19-13(21)10-4-5-12(18-6-10)22-8-14(15,16)17/h4-6,9,11,20H,3,7-8H2,1-2H3,(H,19,21). The minimum atomic E-state index is -4.44. The van der Waals surface area contributed by atoms with Gasteiger partial charge in [-0.2, -0.15) is 13.2 Å². The van der Waals surface area contributed by atoms with Crippen molar-refractivity contribution in [3.8, 4) is 5.88 Å². The lowest BCUT2D eigenvalue weighted by Gasteiger charge is -2.17. The van der Waals surface area contributed by atoms with Gasteiger partial charge in [-0.3, -0.25) is 4.79 Å². The monoisotopic (exact) mass is 320 g/mol. The number of amides is 1. The third-order valence-electron chi connectivity index (χ3n) is 3.15. The number of nitrogens with one attached hydrogen (secondary N) is 1. The average Bonchev–Trinajstić information content (AvgIpc) is 2.49. The lowest BCUT2D eigenvalue weighted by Crippen LogP contribution is -2.35. The Kier molecular flexibility index (Phi) is 6.61. The summed E-state index contributed by atoms with van der Waals surface area (Å²) in [6.07, 6.45) is -3.19. The van der Waals surface area contributed by atoms with Gasteiger partial charge in [-0.1, -0.05) is 20.3 Å². The number of carbonyl (C=O) groups is 1. The molecule has 0 aliphatic carbocycles. The molecular weight excluding hydrogens is 301 g/mol. The summed E-state index contributed by atoms with van der Waals surface area (Å²) in [6.45, 7) is 2.46. The maximum absolute atomic E-state index is 12.0. The van der Waals surface area contributed by atoms with Crippen LogP contribution in [0.5, 0.6) is 5.88 Å². The molecule has 1 aromatic heterocycles. The number of pyridine rings is 1. The third kappa shape index (κ3) is 6.30. The highest BCUT2D eigenvalue weighted by Gasteiger charge is 2.28. The second-order valence-electron chi connectivity index (χ2n) is 4.95. The Morgan fingerprint density at radius 1 is 1.45 bits per heavy atom. The smallest absolute Gasteiger partial charge is 0.422 e. The lowest BCUT2D eigenvalue weighted by molar-refractivity contribution is -0.154. The summed E-state index contributed by atoms with van der Waals surface area (Å²) in [7, 11) is 0. The fourth-order valence-electron chi connectivity index (χ4n) is 1.53. The maximum atomic E-state index is 12.0. The van der Waals surface area contributed by atoms with E-state index in [0.29, 0.717) is 0 Å². The quantitative estimate of drug-likeness (QED) is 0.807. The van der Waals surface area contributed by atoms with E-state index in [1.807, 2.05) is 13.8 Å². The highest BCUT2D eigenvalue weighted by molar-refractivity contribution is 5.93. The Bertz CT molecular complexity index is 477. The largest absolute Gasteiger partial charge is 0.468 e. The van der Waals surface area contributed by atoms with E-state index in [2.05, 4.69) is 15.0 Å². The van der Waals surface area contributed by atoms with Gasteiger partial charge < -0.3 is 15.2 Å². The highest BCUT2D eigenvalue weighted by atomic mass is 19.4. The number of nitrogens with zero attached hydrogens (tertiary/aromatic N) is 1. The van der Waals surface area contributed by atoms with E-state index in [0.717, 1.165) is 12.6 Å². The molecule has 2 atom stereocenters. The van der Waals surface area contributed by atoms with Crippen LogP contribution in [0.15, 0.2) is 18.3 Å². The molecule has 22 heavy (non-hydrogen) atoms. The van der Waals surface area contributed by atoms with Crippen molar-refractivity contribution < 1.29 is 27.8 Å². The zero-order valence-corrected chi connectivity index (χ0v) is 12.4. The van der Waals surface area contributed by atoms with E-state index in [1.165, 1.54) is 12.1 Å². The topological polar surface area (TPSA) is 71.5 Å². The first-order valence-corrected chi connectivity index (χ1v) is 6.84. The molecule has 0 saturated heterocycles. The first-order valence-electron chi connectivity index (χ1n) is 6.84. The Morgan fingerprint density at radius 2 is 2.14 bits per heavy atom. The van der Waals surface area contributed by atoms with Crippen molar-refractivity contribution in [1.82, 2.24) is 10.3 Å². The molecule has 8 heteroatoms. The van der Waals surface area contributed by atoms with E-state index in [4.69, 9.17) is 0 Å². The predicted octanol–water partition coefficient (Wildman–Crippen LogP) is 2.16. The van der Waals surface area contributed by atoms with Crippen molar-refractivity contribution in [1.29, 1.82) is 0 Å². The van der Waals surface area contributed by atoms with Crippen LogP contribution in [0, 0.1) is 5.92 Å². The Hall–Kier alpha value is -1.83. The first-order chi connectivity index (χ1) is 10.2. The molecule has 1 heterocycles. The van der Waals surface area contributed by atoms with Crippen molar-refractivity contribution in [2.75, 3.05) is 13.2 Å². The van der Waals surface area contributed by atoms with Gasteiger partial charge in [0, 0.05) is 18.8 Å². The van der Waals surface area contributed by atoms with Crippen LogP contribution >= 0.6 is 0 Å². The molecule has 1 rings (SSSR count). The van der Waals surface area contributed by atoms with Gasteiger partial charge in [0.15, 0.2) is 6.61 Å². The molecule has 0 radical (unpaired) electrons. The second-order valence-corrected chi connectivity index (χ2v) is 4.95. The normalized spacial score (nSPS) is 14.3. The molecule has 0 saturated carbocycles. The fourth-order valence-corrected chi connectivity index (χ4v) is 1.53. The Labute approximate surface area is 126 Å². The number of ether oxygens (including phenoxy) is 1. The van der Waals surface area contributed by atoms with Gasteiger partial charge in [-0.25, -0.2) is 4.98 Å². The Morgan fingerprint density at radius 3 is 2.64 bits per heavy atom. The van der Waals surface area contributed by atoms with Crippen molar-refractivity contribution >= 4 is 5.91 Å². The molecule has 2 unspecified atom stereocenters. The van der Waals surface area contributed by atoms with Gasteiger partial charge in [-0.15, -0.1) is 0 Å². The number of aliphatic hydroxyl groups excluding tert-OH is 1. The molecule has 0 spiro atoms. The number of aromatic nitrogens is 1. The molecular formula is C14H19F3N2O3. The summed E-state index contributed by atoms with van der Waals surface area (Å²) in [6, 6.07) is 2.50. The molecule has 0 aliphatic rings. The molecule has 124 valence electrons. The number of hydrogen-bond acceptors (Lipinski definition) is 4. The number of carbonyl (C=O) groups excluding carboxylic acids is 1. The SMILES string of the molecule is CCC(C)C(O)CNC(=O)c1ccc(OCC(F)(F)F)nc1. The number of alkyl halides is 3. The molecule has 1 amide bonds. The number of hydrogen-bond donors (Lipinski definition) is 2. The summed E-state index contributed by atoms with van der Waals surface area (Å²) in [4.78, 5) is 15.4. The van der Waals surface area contributed by atoms with Crippen LogP contribution in [0.25, 0.3) is 0 Å². The number of rotatable bonds is 7. The Balaban J connectivity index is 2.50. The van der Waals surface area contributed by atoms with Crippen LogP contribution in [0.3, 0.4) is 0 Å². The summed E-state index contributed by atoms with van der Waals surface area (Å²) in [5.41, 5.74) is 0.177. The maximum Gasteiger partial charge on any atom is 0.422 e. The zero-order chi connectivity index (χ0) is 16.8. The van der Waals surface area contributed by atoms with Crippen molar-refractivity contribution in [3.63, 3.8) is 0 Å². The number of halogens is 3. The molecule has 0 fully saturated rings. The van der Waals surface area contributed by atoms with Gasteiger partial charge in [0.25, 0.3) is 5.91 Å². The molecule has 0 aliphatic heterocycles. The lowest BCUT2D eigenvalue weighted by atomic mass is 10.0. The van der Waals surface area contributed by atoms with Crippen molar-refractivity contribution in [2.24, 2.45) is 5.92 Å². The van der Waals surface area contributed by atoms with Gasteiger partial charge in [0.2, 0.25) is 5.88 Å². The van der Waals surface area contributed by atoms with Crippen LogP contribution in [0.4, 0.5) is 13.2 Å². The van der Waals surface area contributed by atoms with Crippen molar-refractivity contribution in [2.45, 2.75) is 32.5 Å². The van der Waals surface area contributed by atoms with Crippen LogP contribution < -0.4 is 10.1 Å². The fraction of sp³-hybridized carbons (Fsp3) is 0.571. The molecule has 0 aromatic carbocycles. The van der Waals surface area contributed by atoms with Crippen LogP contribution in [0.2, 0.25) is 0 Å². The third-order valence-corrected chi connectivity index (χ3v) is 3.15. The van der Waals surface area contributed by atoms with E-state index in [-0.39, 0.29) is 23.9 Å². The molecule has 5 nitrogen and oxygen atoms in total. The highest BCUT2D eigenvalue weighted by Crippen LogP contribution is 2.17. The zero-order valence-electron chi connectivity index (χ0n) is 12.4. The predicted molar refractivity (Wildman–Crippen MR) is 73.6 cm³/mol. The van der Waals surface area contributed by atoms with Gasteiger partial charge >= 0.3 is 6.18 Å². The van der Waals surface area contributed by atoms with Gasteiger partial charge in [0.05, 0.1) is 11.7 Å². The van der Waals surface area contributed by atoms with Crippen LogP contribution in [-0.2, 0) is 0 Å². The minimum Gasteiger partial charge on any atom is -0.468 e. The summed E-state index contributed by atoms with van der Waals surface area (Å²) < 4.78 is 40.4. The first kappa shape index (κ1) is 18.2. The van der Waals surface area contributed by atoms with Crippen LogP contribution in [0.1, 0.15) is 30.6 Å². The van der Waals surface area contributed by atoms with E-state index in [1.54, 1.807) is 0 Å². The van der Waals surface area contributed by atoms with Gasteiger partial charge in [0.1, 0.15) is 0 Å². The molecule has 0 bridgehead atoms. The van der Waals surface area contributed by atoms with Crippen molar-refractivity contribution in [3.05, 3.63) is 23.9 Å². The molecule has 2 N–H and O–H groups in total. The van der Waals surface area contributed by atoms with Gasteiger partial charge in [-0.05, 0) is 12.0 Å². The summed E-state index contributed by atoms with van der Waals surface area (Å²) in [5, 5.41) is 12.3. The van der Waals surface area contributed by atoms with E-state index in [9.17, 15) is 23.1 Å². The summed E-state index contributed by atoms with van der Waals surface area (Å²) in [5.74, 6) is -0.623. The second kappa shape index (κ2) is 7.98. The average molecular weight is 320 g/mol. The van der Waals surface area contributed by atoms with E-state index >= 15 is 0 Å². The minimum absolute atomic E-state index is 0.0524. The number of aliphatic hydroxyl groups is 1. The van der Waals surface area contributed by atoms with E-state index < -0.39 is 24.8 Å².